The van der Waals surface area contributed by atoms with Crippen LogP contribution in [0, 0.1) is 11.6 Å². The maximum Gasteiger partial charge on any atom is 0.410 e. The van der Waals surface area contributed by atoms with Crippen LogP contribution < -0.4 is 0 Å². The largest absolute Gasteiger partial charge is 0.444 e. The molecule has 190 valence electrons. The molecule has 1 heterocycles. The number of amides is 1. The van der Waals surface area contributed by atoms with Gasteiger partial charge in [0.15, 0.2) is 0 Å². The Bertz CT molecular complexity index is 1240. The summed E-state index contributed by atoms with van der Waals surface area (Å²) in [5, 5.41) is 10.2. The number of carbonyl (C=O) groups is 1. The molecule has 1 N–H and O–H groups in total. The molecular formula is C29H30ClF2NO3. The summed E-state index contributed by atoms with van der Waals surface area (Å²) in [5.41, 5.74) is 3.17. The SMILES string of the molecule is CC(C)(C)OC(=O)N1CC[C@@H](c2cc(F)cc(F)c2)[C@H](c2ccc(-c3ccccc3CO)cc2Cl)C1. The van der Waals surface area contributed by atoms with Gasteiger partial charge in [-0.1, -0.05) is 48.0 Å². The summed E-state index contributed by atoms with van der Waals surface area (Å²) in [5.74, 6) is -1.83. The highest BCUT2D eigenvalue weighted by Crippen LogP contribution is 2.43. The van der Waals surface area contributed by atoms with Crippen LogP contribution in [0.15, 0.2) is 60.7 Å². The number of piperidine rings is 1. The van der Waals surface area contributed by atoms with E-state index in [-0.39, 0.29) is 18.4 Å². The van der Waals surface area contributed by atoms with Crippen molar-refractivity contribution in [3.63, 3.8) is 0 Å². The maximum absolute atomic E-state index is 14.1. The van der Waals surface area contributed by atoms with Crippen LogP contribution in [0.25, 0.3) is 11.1 Å². The van der Waals surface area contributed by atoms with Gasteiger partial charge in [-0.05, 0) is 79.1 Å². The maximum atomic E-state index is 14.1. The highest BCUT2D eigenvalue weighted by molar-refractivity contribution is 6.31. The topological polar surface area (TPSA) is 49.8 Å². The lowest BCUT2D eigenvalue weighted by molar-refractivity contribution is 0.0183. The van der Waals surface area contributed by atoms with E-state index in [9.17, 15) is 18.7 Å². The van der Waals surface area contributed by atoms with Gasteiger partial charge in [-0.15, -0.1) is 0 Å². The van der Waals surface area contributed by atoms with Crippen molar-refractivity contribution in [1.29, 1.82) is 0 Å². The fourth-order valence-corrected chi connectivity index (χ4v) is 5.20. The zero-order valence-corrected chi connectivity index (χ0v) is 21.4. The molecule has 3 aromatic rings. The number of nitrogens with zero attached hydrogens (tertiary/aromatic N) is 1. The Morgan fingerprint density at radius 3 is 2.39 bits per heavy atom. The van der Waals surface area contributed by atoms with Crippen molar-refractivity contribution in [3.05, 3.63) is 94.0 Å². The van der Waals surface area contributed by atoms with Gasteiger partial charge >= 0.3 is 6.09 Å². The lowest BCUT2D eigenvalue weighted by Gasteiger charge is -2.40. The molecular weight excluding hydrogens is 484 g/mol. The van der Waals surface area contributed by atoms with E-state index in [4.69, 9.17) is 16.3 Å². The van der Waals surface area contributed by atoms with Gasteiger partial charge in [0.2, 0.25) is 0 Å². The summed E-state index contributed by atoms with van der Waals surface area (Å²) >= 11 is 6.81. The number of hydrogen-bond donors (Lipinski definition) is 1. The van der Waals surface area contributed by atoms with E-state index in [1.165, 1.54) is 12.1 Å². The predicted molar refractivity (Wildman–Crippen MR) is 137 cm³/mol. The molecule has 36 heavy (non-hydrogen) atoms. The number of hydrogen-bond acceptors (Lipinski definition) is 3. The Kier molecular flexibility index (Phi) is 7.67. The number of benzene rings is 3. The second kappa shape index (κ2) is 10.6. The summed E-state index contributed by atoms with van der Waals surface area (Å²) in [6.45, 7) is 6.02. The van der Waals surface area contributed by atoms with E-state index in [1.54, 1.807) is 4.90 Å². The standard InChI is InChI=1S/C29H30ClF2NO3/c1-29(2,3)36-28(35)33-11-10-24(20-12-21(31)15-22(32)13-20)26(16-33)25-9-8-18(14-27(25)30)23-7-5-4-6-19(23)17-34/h4-9,12-15,24,26,34H,10-11,16-17H2,1-3H3/t24-,26+/m0/s1. The molecule has 3 aromatic carbocycles. The molecule has 0 radical (unpaired) electrons. The van der Waals surface area contributed by atoms with Gasteiger partial charge < -0.3 is 14.7 Å². The molecule has 0 saturated carbocycles. The van der Waals surface area contributed by atoms with Crippen LogP contribution in [0.5, 0.6) is 0 Å². The third-order valence-corrected chi connectivity index (χ3v) is 6.80. The lowest BCUT2D eigenvalue weighted by atomic mass is 9.76. The number of halogens is 3. The first-order valence-corrected chi connectivity index (χ1v) is 12.4. The highest BCUT2D eigenvalue weighted by Gasteiger charge is 2.36. The molecule has 0 aromatic heterocycles. The van der Waals surface area contributed by atoms with E-state index < -0.39 is 23.3 Å². The number of aliphatic hydroxyl groups is 1. The van der Waals surface area contributed by atoms with Gasteiger partial charge in [-0.2, -0.15) is 0 Å². The van der Waals surface area contributed by atoms with Crippen LogP contribution in [0.2, 0.25) is 5.02 Å². The number of likely N-dealkylation sites (tertiary alicyclic amines) is 1. The van der Waals surface area contributed by atoms with Gasteiger partial charge in [0, 0.05) is 30.1 Å². The Hall–Kier alpha value is -2.96. The number of aliphatic hydroxyl groups excluding tert-OH is 1. The van der Waals surface area contributed by atoms with Gasteiger partial charge in [0.1, 0.15) is 17.2 Å². The van der Waals surface area contributed by atoms with E-state index in [0.29, 0.717) is 30.1 Å². The van der Waals surface area contributed by atoms with Crippen LogP contribution >= 0.6 is 11.6 Å². The Labute approximate surface area is 215 Å². The average molecular weight is 514 g/mol. The normalized spacial score (nSPS) is 18.2. The third kappa shape index (κ3) is 5.88. The molecule has 4 rings (SSSR count). The number of ether oxygens (including phenoxy) is 1. The van der Waals surface area contributed by atoms with Crippen LogP contribution in [0.1, 0.15) is 55.7 Å². The summed E-state index contributed by atoms with van der Waals surface area (Å²) in [6.07, 6.45) is 0.0686. The monoisotopic (exact) mass is 513 g/mol. The molecule has 0 spiro atoms. The quantitative estimate of drug-likeness (QED) is 0.398. The lowest BCUT2D eigenvalue weighted by Crippen LogP contribution is -2.44. The van der Waals surface area contributed by atoms with Crippen molar-refractivity contribution in [2.75, 3.05) is 13.1 Å². The van der Waals surface area contributed by atoms with Crippen molar-refractivity contribution in [3.8, 4) is 11.1 Å². The zero-order chi connectivity index (χ0) is 26.0. The molecule has 1 saturated heterocycles. The minimum absolute atomic E-state index is 0.101. The molecule has 1 fully saturated rings. The van der Waals surface area contributed by atoms with Gasteiger partial charge in [-0.3, -0.25) is 0 Å². The molecule has 2 atom stereocenters. The van der Waals surface area contributed by atoms with Gasteiger partial charge in [0.05, 0.1) is 6.61 Å². The van der Waals surface area contributed by atoms with Crippen LogP contribution in [-0.2, 0) is 11.3 Å². The van der Waals surface area contributed by atoms with E-state index in [1.807, 2.05) is 63.2 Å². The van der Waals surface area contributed by atoms with E-state index >= 15 is 0 Å². The Morgan fingerprint density at radius 2 is 1.75 bits per heavy atom. The van der Waals surface area contributed by atoms with Crippen molar-refractivity contribution in [2.45, 2.75) is 51.2 Å². The third-order valence-electron chi connectivity index (χ3n) is 6.48. The zero-order valence-electron chi connectivity index (χ0n) is 20.6. The fraction of sp³-hybridized carbons (Fsp3) is 0.345. The second-order valence-corrected chi connectivity index (χ2v) is 10.6. The van der Waals surface area contributed by atoms with E-state index in [2.05, 4.69) is 0 Å². The first kappa shape index (κ1) is 26.1. The van der Waals surface area contributed by atoms with Crippen molar-refractivity contribution in [2.24, 2.45) is 0 Å². The predicted octanol–water partition coefficient (Wildman–Crippen LogP) is 7.29. The molecule has 1 aliphatic rings. The molecule has 1 amide bonds. The van der Waals surface area contributed by atoms with Crippen LogP contribution in [0.4, 0.5) is 13.6 Å². The smallest absolute Gasteiger partial charge is 0.410 e. The van der Waals surface area contributed by atoms with Gasteiger partial charge in [-0.25, -0.2) is 13.6 Å². The fourth-order valence-electron chi connectivity index (χ4n) is 4.88. The summed E-state index contributed by atoms with van der Waals surface area (Å²) in [7, 11) is 0. The molecule has 4 nitrogen and oxygen atoms in total. The molecule has 0 bridgehead atoms. The second-order valence-electron chi connectivity index (χ2n) is 10.2. The minimum atomic E-state index is -0.644. The minimum Gasteiger partial charge on any atom is -0.444 e. The Morgan fingerprint density at radius 1 is 1.06 bits per heavy atom. The highest BCUT2D eigenvalue weighted by atomic mass is 35.5. The first-order chi connectivity index (χ1) is 17.1. The molecule has 0 aliphatic carbocycles. The number of carbonyl (C=O) groups excluding carboxylic acids is 1. The summed E-state index contributed by atoms with van der Waals surface area (Å²) in [6, 6.07) is 16.7. The molecule has 1 aliphatic heterocycles. The number of rotatable bonds is 4. The molecule has 0 unspecified atom stereocenters. The van der Waals surface area contributed by atoms with Crippen molar-refractivity contribution < 1.29 is 23.4 Å². The van der Waals surface area contributed by atoms with Crippen LogP contribution in [-0.4, -0.2) is 34.8 Å². The van der Waals surface area contributed by atoms with E-state index in [0.717, 1.165) is 28.3 Å². The van der Waals surface area contributed by atoms with Crippen LogP contribution in [0.3, 0.4) is 0 Å². The Balaban J connectivity index is 1.73. The summed E-state index contributed by atoms with van der Waals surface area (Å²) < 4.78 is 33.8. The van der Waals surface area contributed by atoms with Crippen molar-refractivity contribution in [1.82, 2.24) is 4.90 Å². The van der Waals surface area contributed by atoms with Gasteiger partial charge in [0.25, 0.3) is 0 Å². The first-order valence-electron chi connectivity index (χ1n) is 12.0. The summed E-state index contributed by atoms with van der Waals surface area (Å²) in [4.78, 5) is 14.5. The van der Waals surface area contributed by atoms with Crippen molar-refractivity contribution >= 4 is 17.7 Å². The average Bonchev–Trinajstić information content (AvgIpc) is 2.82. The molecule has 7 heteroatoms.